The van der Waals surface area contributed by atoms with E-state index in [9.17, 15) is 9.59 Å². The zero-order valence-electron chi connectivity index (χ0n) is 15.1. The van der Waals surface area contributed by atoms with Gasteiger partial charge < -0.3 is 15.1 Å². The second kappa shape index (κ2) is 9.58. The predicted molar refractivity (Wildman–Crippen MR) is 106 cm³/mol. The SMILES string of the molecule is C[C@H]1C[C@@H](C(=O)N2CCCN(C(=O)c3ccc(Cl)cc3)CC2)CCN1.Cl. The van der Waals surface area contributed by atoms with Gasteiger partial charge in [-0.05, 0) is 57.0 Å². The Hall–Kier alpha value is -1.30. The maximum absolute atomic E-state index is 12.8. The maximum Gasteiger partial charge on any atom is 0.253 e. The molecule has 0 aliphatic carbocycles. The Morgan fingerprint density at radius 2 is 1.73 bits per heavy atom. The summed E-state index contributed by atoms with van der Waals surface area (Å²) < 4.78 is 0. The number of rotatable bonds is 2. The Bertz CT molecular complexity index is 624. The fourth-order valence-corrected chi connectivity index (χ4v) is 3.86. The largest absolute Gasteiger partial charge is 0.341 e. The Morgan fingerprint density at radius 3 is 2.42 bits per heavy atom. The summed E-state index contributed by atoms with van der Waals surface area (Å²) in [6.07, 6.45) is 2.64. The number of carbonyl (C=O) groups excluding carboxylic acids is 2. The zero-order chi connectivity index (χ0) is 17.8. The summed E-state index contributed by atoms with van der Waals surface area (Å²) in [6, 6.07) is 7.39. The highest BCUT2D eigenvalue weighted by molar-refractivity contribution is 6.30. The molecule has 2 fully saturated rings. The van der Waals surface area contributed by atoms with E-state index in [1.807, 2.05) is 9.80 Å². The Morgan fingerprint density at radius 1 is 1.08 bits per heavy atom. The molecule has 5 nitrogen and oxygen atoms in total. The van der Waals surface area contributed by atoms with Crippen LogP contribution in [-0.2, 0) is 4.79 Å². The number of piperidine rings is 1. The first kappa shape index (κ1) is 21.0. The lowest BCUT2D eigenvalue weighted by Gasteiger charge is -2.31. The second-order valence-electron chi connectivity index (χ2n) is 7.05. The van der Waals surface area contributed by atoms with Crippen LogP contribution in [0.1, 0.15) is 36.5 Å². The molecule has 2 saturated heterocycles. The summed E-state index contributed by atoms with van der Waals surface area (Å²) in [4.78, 5) is 29.3. The molecular formula is C19H27Cl2N3O2. The Balaban J connectivity index is 0.00000243. The normalized spacial score (nSPS) is 23.8. The third kappa shape index (κ3) is 5.12. The van der Waals surface area contributed by atoms with E-state index < -0.39 is 0 Å². The molecule has 3 rings (SSSR count). The number of halogens is 2. The monoisotopic (exact) mass is 399 g/mol. The first-order valence-corrected chi connectivity index (χ1v) is 9.49. The van der Waals surface area contributed by atoms with E-state index in [4.69, 9.17) is 11.6 Å². The molecule has 1 N–H and O–H groups in total. The fourth-order valence-electron chi connectivity index (χ4n) is 3.73. The lowest BCUT2D eigenvalue weighted by atomic mass is 9.92. The highest BCUT2D eigenvalue weighted by atomic mass is 35.5. The third-order valence-electron chi connectivity index (χ3n) is 5.16. The van der Waals surface area contributed by atoms with E-state index in [1.54, 1.807) is 24.3 Å². The maximum atomic E-state index is 12.8. The number of benzene rings is 1. The average molecular weight is 400 g/mol. The summed E-state index contributed by atoms with van der Waals surface area (Å²) in [5.41, 5.74) is 0.649. The van der Waals surface area contributed by atoms with Gasteiger partial charge in [-0.2, -0.15) is 0 Å². The van der Waals surface area contributed by atoms with Crippen molar-refractivity contribution < 1.29 is 9.59 Å². The molecule has 7 heteroatoms. The number of nitrogens with zero attached hydrogens (tertiary/aromatic N) is 2. The minimum atomic E-state index is 0. The van der Waals surface area contributed by atoms with Crippen LogP contribution in [0.5, 0.6) is 0 Å². The highest BCUT2D eigenvalue weighted by Crippen LogP contribution is 2.20. The first-order valence-electron chi connectivity index (χ1n) is 9.11. The van der Waals surface area contributed by atoms with Crippen LogP contribution in [0, 0.1) is 5.92 Å². The van der Waals surface area contributed by atoms with Crippen LogP contribution in [0.3, 0.4) is 0 Å². The van der Waals surface area contributed by atoms with E-state index in [-0.39, 0.29) is 30.1 Å². The molecular weight excluding hydrogens is 373 g/mol. The molecule has 2 amide bonds. The molecule has 0 saturated carbocycles. The lowest BCUT2D eigenvalue weighted by molar-refractivity contribution is -0.136. The molecule has 0 radical (unpaired) electrons. The Kier molecular flexibility index (Phi) is 7.74. The summed E-state index contributed by atoms with van der Waals surface area (Å²) in [5.74, 6) is 0.394. The number of carbonyl (C=O) groups is 2. The van der Waals surface area contributed by atoms with Crippen molar-refractivity contribution in [3.8, 4) is 0 Å². The zero-order valence-corrected chi connectivity index (χ0v) is 16.7. The topological polar surface area (TPSA) is 52.7 Å². The van der Waals surface area contributed by atoms with Gasteiger partial charge in [-0.25, -0.2) is 0 Å². The van der Waals surface area contributed by atoms with Crippen molar-refractivity contribution in [2.24, 2.45) is 5.92 Å². The second-order valence-corrected chi connectivity index (χ2v) is 7.49. The van der Waals surface area contributed by atoms with Crippen LogP contribution in [0.2, 0.25) is 5.02 Å². The van der Waals surface area contributed by atoms with E-state index >= 15 is 0 Å². The minimum Gasteiger partial charge on any atom is -0.341 e. The van der Waals surface area contributed by atoms with E-state index in [0.717, 1.165) is 32.4 Å². The molecule has 0 spiro atoms. The molecule has 1 aromatic rings. The summed E-state index contributed by atoms with van der Waals surface area (Å²) >= 11 is 5.89. The molecule has 0 aromatic heterocycles. The van der Waals surface area contributed by atoms with Gasteiger partial charge in [0.15, 0.2) is 0 Å². The number of hydrogen-bond acceptors (Lipinski definition) is 3. The van der Waals surface area contributed by atoms with Crippen LogP contribution in [0.4, 0.5) is 0 Å². The van der Waals surface area contributed by atoms with Gasteiger partial charge in [0, 0.05) is 48.7 Å². The van der Waals surface area contributed by atoms with Crippen LogP contribution in [0.25, 0.3) is 0 Å². The first-order chi connectivity index (χ1) is 12.0. The molecule has 1 aromatic carbocycles. The van der Waals surface area contributed by atoms with Crippen LogP contribution in [-0.4, -0.2) is 60.4 Å². The minimum absolute atomic E-state index is 0. The molecule has 26 heavy (non-hydrogen) atoms. The molecule has 2 atom stereocenters. The number of hydrogen-bond donors (Lipinski definition) is 1. The molecule has 144 valence electrons. The van der Waals surface area contributed by atoms with Gasteiger partial charge in [-0.15, -0.1) is 12.4 Å². The molecule has 2 heterocycles. The Labute approximate surface area is 166 Å². The van der Waals surface area contributed by atoms with Crippen molar-refractivity contribution in [3.63, 3.8) is 0 Å². The van der Waals surface area contributed by atoms with Gasteiger partial charge >= 0.3 is 0 Å². The third-order valence-corrected chi connectivity index (χ3v) is 5.41. The summed E-state index contributed by atoms with van der Waals surface area (Å²) in [7, 11) is 0. The van der Waals surface area contributed by atoms with E-state index in [1.165, 1.54) is 0 Å². The van der Waals surface area contributed by atoms with Crippen molar-refractivity contribution in [3.05, 3.63) is 34.9 Å². The van der Waals surface area contributed by atoms with Crippen molar-refractivity contribution in [1.29, 1.82) is 0 Å². The summed E-state index contributed by atoms with van der Waals surface area (Å²) in [6.45, 7) is 5.68. The summed E-state index contributed by atoms with van der Waals surface area (Å²) in [5, 5.41) is 4.02. The van der Waals surface area contributed by atoms with Crippen LogP contribution in [0.15, 0.2) is 24.3 Å². The van der Waals surface area contributed by atoms with Gasteiger partial charge in [0.25, 0.3) is 5.91 Å². The quantitative estimate of drug-likeness (QED) is 0.831. The standard InChI is InChI=1S/C19H26ClN3O2.ClH/c1-14-13-16(7-8-21-14)19(25)23-10-2-9-22(11-12-23)18(24)15-3-5-17(20)6-4-15;/h3-6,14,16,21H,2,7-13H2,1H3;1H/t14-,16-;/m0./s1. The van der Waals surface area contributed by atoms with Gasteiger partial charge in [-0.1, -0.05) is 11.6 Å². The van der Waals surface area contributed by atoms with E-state index in [2.05, 4.69) is 12.2 Å². The average Bonchev–Trinajstić information content (AvgIpc) is 2.87. The van der Waals surface area contributed by atoms with Crippen LogP contribution < -0.4 is 5.32 Å². The van der Waals surface area contributed by atoms with Gasteiger partial charge in [0.05, 0.1) is 0 Å². The van der Waals surface area contributed by atoms with E-state index in [0.29, 0.717) is 36.3 Å². The molecule has 2 aliphatic heterocycles. The molecule has 0 bridgehead atoms. The predicted octanol–water partition coefficient (Wildman–Crippen LogP) is 2.82. The molecule has 0 unspecified atom stereocenters. The fraction of sp³-hybridized carbons (Fsp3) is 0.579. The van der Waals surface area contributed by atoms with Crippen molar-refractivity contribution in [2.75, 3.05) is 32.7 Å². The van der Waals surface area contributed by atoms with Crippen LogP contribution >= 0.6 is 24.0 Å². The lowest BCUT2D eigenvalue weighted by Crippen LogP contribution is -2.45. The highest BCUT2D eigenvalue weighted by Gasteiger charge is 2.30. The van der Waals surface area contributed by atoms with Gasteiger partial charge in [-0.3, -0.25) is 9.59 Å². The number of nitrogens with one attached hydrogen (secondary N) is 1. The van der Waals surface area contributed by atoms with Crippen molar-refractivity contribution >= 4 is 35.8 Å². The van der Waals surface area contributed by atoms with Crippen molar-refractivity contribution in [1.82, 2.24) is 15.1 Å². The molecule has 2 aliphatic rings. The van der Waals surface area contributed by atoms with Crippen molar-refractivity contribution in [2.45, 2.75) is 32.2 Å². The number of amides is 2. The van der Waals surface area contributed by atoms with Gasteiger partial charge in [0.1, 0.15) is 0 Å². The smallest absolute Gasteiger partial charge is 0.253 e. The van der Waals surface area contributed by atoms with Gasteiger partial charge in [0.2, 0.25) is 5.91 Å².